The number of hydrogen-bond donors (Lipinski definition) is 1. The van der Waals surface area contributed by atoms with Crippen molar-refractivity contribution >= 4 is 5.82 Å². The van der Waals surface area contributed by atoms with Crippen LogP contribution in [0.5, 0.6) is 0 Å². The first-order valence-electron chi connectivity index (χ1n) is 6.28. The van der Waals surface area contributed by atoms with Crippen molar-refractivity contribution in [3.05, 3.63) is 24.4 Å². The summed E-state index contributed by atoms with van der Waals surface area (Å²) in [6, 6.07) is 6.88. The Labute approximate surface area is 96.4 Å². The van der Waals surface area contributed by atoms with Gasteiger partial charge in [-0.2, -0.15) is 0 Å². The van der Waals surface area contributed by atoms with E-state index in [0.29, 0.717) is 12.0 Å². The van der Waals surface area contributed by atoms with E-state index in [1.165, 1.54) is 25.1 Å². The molecule has 0 aromatic carbocycles. The van der Waals surface area contributed by atoms with Crippen LogP contribution in [0.25, 0.3) is 0 Å². The standard InChI is InChI=1S/C13H18N2O/c1-2-5-11-10-7-9-16-13(10)15-8-4-3-6-12(15)14-11/h3-4,6,8,10-11,13H,2,5,7,9H2,1H3/p+1. The van der Waals surface area contributed by atoms with Gasteiger partial charge >= 0.3 is 0 Å². The van der Waals surface area contributed by atoms with Crippen LogP contribution in [-0.2, 0) is 4.74 Å². The predicted molar refractivity (Wildman–Crippen MR) is 62.1 cm³/mol. The minimum absolute atomic E-state index is 0.258. The first kappa shape index (κ1) is 10.1. The summed E-state index contributed by atoms with van der Waals surface area (Å²) in [5.74, 6) is 1.84. The molecule has 0 bridgehead atoms. The van der Waals surface area contributed by atoms with E-state index >= 15 is 0 Å². The molecule has 0 amide bonds. The van der Waals surface area contributed by atoms with E-state index in [4.69, 9.17) is 4.74 Å². The smallest absolute Gasteiger partial charge is 0.276 e. The summed E-state index contributed by atoms with van der Waals surface area (Å²) in [5, 5.41) is 3.65. The van der Waals surface area contributed by atoms with Gasteiger partial charge < -0.3 is 4.74 Å². The molecule has 1 aromatic heterocycles. The largest absolute Gasteiger partial charge is 0.339 e. The highest BCUT2D eigenvalue weighted by Crippen LogP contribution is 2.35. The van der Waals surface area contributed by atoms with Crippen molar-refractivity contribution in [2.45, 2.75) is 38.5 Å². The number of hydrogen-bond acceptors (Lipinski definition) is 2. The van der Waals surface area contributed by atoms with Crippen LogP contribution in [0.3, 0.4) is 0 Å². The Morgan fingerprint density at radius 3 is 3.31 bits per heavy atom. The normalized spacial score (nSPS) is 31.7. The topological polar surface area (TPSA) is 25.1 Å². The van der Waals surface area contributed by atoms with Gasteiger partial charge in [-0.25, -0.2) is 4.57 Å². The van der Waals surface area contributed by atoms with Crippen LogP contribution in [0, 0.1) is 5.92 Å². The van der Waals surface area contributed by atoms with Crippen molar-refractivity contribution in [1.82, 2.24) is 0 Å². The Morgan fingerprint density at radius 2 is 2.44 bits per heavy atom. The van der Waals surface area contributed by atoms with Gasteiger partial charge in [0.15, 0.2) is 0 Å². The highest BCUT2D eigenvalue weighted by atomic mass is 16.5. The van der Waals surface area contributed by atoms with Gasteiger partial charge in [0.1, 0.15) is 6.04 Å². The lowest BCUT2D eigenvalue weighted by atomic mass is 9.91. The number of fused-ring (bicyclic) bond motifs is 3. The third kappa shape index (κ3) is 1.50. The van der Waals surface area contributed by atoms with Crippen molar-refractivity contribution in [2.24, 2.45) is 5.92 Å². The molecule has 1 saturated heterocycles. The van der Waals surface area contributed by atoms with E-state index in [2.05, 4.69) is 41.2 Å². The average Bonchev–Trinajstić information content (AvgIpc) is 2.79. The predicted octanol–water partition coefficient (Wildman–Crippen LogP) is 2.10. The van der Waals surface area contributed by atoms with E-state index in [9.17, 15) is 0 Å². The van der Waals surface area contributed by atoms with Crippen molar-refractivity contribution in [1.29, 1.82) is 0 Å². The number of nitrogens with zero attached hydrogens (tertiary/aromatic N) is 1. The molecule has 1 fully saturated rings. The van der Waals surface area contributed by atoms with Crippen molar-refractivity contribution < 1.29 is 9.30 Å². The van der Waals surface area contributed by atoms with Crippen LogP contribution in [0.1, 0.15) is 32.4 Å². The maximum Gasteiger partial charge on any atom is 0.276 e. The Bertz CT molecular complexity index is 380. The van der Waals surface area contributed by atoms with Crippen LogP contribution >= 0.6 is 0 Å². The molecule has 86 valence electrons. The quantitative estimate of drug-likeness (QED) is 0.771. The summed E-state index contributed by atoms with van der Waals surface area (Å²) >= 11 is 0. The fourth-order valence-corrected chi connectivity index (χ4v) is 2.97. The van der Waals surface area contributed by atoms with Crippen molar-refractivity contribution in [2.75, 3.05) is 11.9 Å². The molecule has 3 nitrogen and oxygen atoms in total. The van der Waals surface area contributed by atoms with Crippen LogP contribution in [0.2, 0.25) is 0 Å². The molecule has 1 aromatic rings. The molecule has 3 heterocycles. The second-order valence-electron chi connectivity index (χ2n) is 4.75. The molecule has 3 atom stereocenters. The molecular formula is C13H19N2O+. The zero-order chi connectivity index (χ0) is 11.0. The highest BCUT2D eigenvalue weighted by molar-refractivity contribution is 5.31. The van der Waals surface area contributed by atoms with Crippen molar-refractivity contribution in [3.63, 3.8) is 0 Å². The number of aromatic nitrogens is 1. The fourth-order valence-electron chi connectivity index (χ4n) is 2.97. The maximum absolute atomic E-state index is 5.88. The molecular weight excluding hydrogens is 200 g/mol. The monoisotopic (exact) mass is 219 g/mol. The third-order valence-electron chi connectivity index (χ3n) is 3.72. The van der Waals surface area contributed by atoms with Gasteiger partial charge in [-0.15, -0.1) is 0 Å². The third-order valence-corrected chi connectivity index (χ3v) is 3.72. The van der Waals surface area contributed by atoms with E-state index in [1.807, 2.05) is 0 Å². The van der Waals surface area contributed by atoms with E-state index < -0.39 is 0 Å². The van der Waals surface area contributed by atoms with Gasteiger partial charge in [0.25, 0.3) is 5.82 Å². The van der Waals surface area contributed by atoms with Gasteiger partial charge in [0.2, 0.25) is 6.23 Å². The summed E-state index contributed by atoms with van der Waals surface area (Å²) in [6.45, 7) is 3.15. The SMILES string of the molecule is CCCC1Nc2cccc[n+]2C2OCCC12. The highest BCUT2D eigenvalue weighted by Gasteiger charge is 2.45. The second kappa shape index (κ2) is 4.06. The van der Waals surface area contributed by atoms with E-state index in [0.717, 1.165) is 6.61 Å². The minimum atomic E-state index is 0.258. The molecule has 2 aliphatic heterocycles. The molecule has 0 radical (unpaired) electrons. The Kier molecular flexibility index (Phi) is 2.56. The molecule has 0 aliphatic carbocycles. The number of anilines is 1. The molecule has 3 unspecified atom stereocenters. The summed E-state index contributed by atoms with van der Waals surface area (Å²) < 4.78 is 8.12. The first-order chi connectivity index (χ1) is 7.90. The van der Waals surface area contributed by atoms with Crippen LogP contribution in [-0.4, -0.2) is 12.6 Å². The first-order valence-corrected chi connectivity index (χ1v) is 6.28. The van der Waals surface area contributed by atoms with Gasteiger partial charge in [0.05, 0.1) is 18.7 Å². The number of rotatable bonds is 2. The van der Waals surface area contributed by atoms with E-state index in [-0.39, 0.29) is 6.23 Å². The zero-order valence-corrected chi connectivity index (χ0v) is 9.73. The summed E-state index contributed by atoms with van der Waals surface area (Å²) in [4.78, 5) is 0. The molecule has 3 rings (SSSR count). The van der Waals surface area contributed by atoms with E-state index in [1.54, 1.807) is 0 Å². The molecule has 16 heavy (non-hydrogen) atoms. The lowest BCUT2D eigenvalue weighted by Crippen LogP contribution is -2.54. The average molecular weight is 219 g/mol. The molecule has 2 aliphatic rings. The molecule has 0 saturated carbocycles. The number of nitrogens with one attached hydrogen (secondary N) is 1. The second-order valence-corrected chi connectivity index (χ2v) is 4.75. The minimum Gasteiger partial charge on any atom is -0.339 e. The summed E-state index contributed by atoms with van der Waals surface area (Å²) in [5.41, 5.74) is 0. The van der Waals surface area contributed by atoms with Crippen LogP contribution < -0.4 is 9.88 Å². The van der Waals surface area contributed by atoms with Crippen LogP contribution in [0.4, 0.5) is 5.82 Å². The Hall–Kier alpha value is -1.09. The maximum atomic E-state index is 5.88. The number of ether oxygens (including phenoxy) is 1. The zero-order valence-electron chi connectivity index (χ0n) is 9.73. The fraction of sp³-hybridized carbons (Fsp3) is 0.615. The summed E-state index contributed by atoms with van der Waals surface area (Å²) in [7, 11) is 0. The van der Waals surface area contributed by atoms with Gasteiger partial charge in [-0.1, -0.05) is 19.4 Å². The van der Waals surface area contributed by atoms with Gasteiger partial charge in [-0.05, 0) is 18.9 Å². The van der Waals surface area contributed by atoms with Gasteiger partial charge in [0, 0.05) is 6.07 Å². The van der Waals surface area contributed by atoms with Crippen molar-refractivity contribution in [3.8, 4) is 0 Å². The summed E-state index contributed by atoms with van der Waals surface area (Å²) in [6.07, 6.45) is 6.03. The molecule has 1 N–H and O–H groups in total. The Balaban J connectivity index is 1.95. The Morgan fingerprint density at radius 1 is 1.50 bits per heavy atom. The molecule has 0 spiro atoms. The van der Waals surface area contributed by atoms with Crippen LogP contribution in [0.15, 0.2) is 24.4 Å². The lowest BCUT2D eigenvalue weighted by molar-refractivity contribution is -0.756. The van der Waals surface area contributed by atoms with Gasteiger partial charge in [-0.3, -0.25) is 5.32 Å². The molecule has 3 heteroatoms. The lowest BCUT2D eigenvalue weighted by Gasteiger charge is -2.30. The number of pyridine rings is 1.